The average Bonchev–Trinajstić information content (AvgIpc) is 3.28. The van der Waals surface area contributed by atoms with Crippen LogP contribution in [0.1, 0.15) is 44.0 Å². The number of halogens is 4. The van der Waals surface area contributed by atoms with Crippen LogP contribution in [0.5, 0.6) is 0 Å². The van der Waals surface area contributed by atoms with Gasteiger partial charge in [-0.15, -0.1) is 0 Å². The van der Waals surface area contributed by atoms with Crippen LogP contribution in [0.15, 0.2) is 21.6 Å². The van der Waals surface area contributed by atoms with E-state index in [1.54, 1.807) is 9.80 Å². The maximum atomic E-state index is 14.5. The second-order valence-electron chi connectivity index (χ2n) is 9.23. The number of hydrogen-bond acceptors (Lipinski definition) is 7. The van der Waals surface area contributed by atoms with E-state index < -0.39 is 44.0 Å². The molecule has 1 aromatic carbocycles. The quantitative estimate of drug-likeness (QED) is 0.542. The predicted octanol–water partition coefficient (Wildman–Crippen LogP) is 3.31. The Balaban J connectivity index is 1.40. The molecule has 2 aliphatic heterocycles. The number of amides is 1. The van der Waals surface area contributed by atoms with E-state index in [4.69, 9.17) is 4.52 Å². The number of hydrogen-bond donors (Lipinski definition) is 0. The summed E-state index contributed by atoms with van der Waals surface area (Å²) in [5.74, 6) is -6.50. The van der Waals surface area contributed by atoms with Crippen LogP contribution in [0.4, 0.5) is 23.6 Å². The molecule has 2 saturated heterocycles. The van der Waals surface area contributed by atoms with E-state index in [1.807, 2.05) is 0 Å². The zero-order valence-corrected chi connectivity index (χ0v) is 20.1. The van der Waals surface area contributed by atoms with E-state index in [-0.39, 0.29) is 29.9 Å². The lowest BCUT2D eigenvalue weighted by molar-refractivity contribution is -0.141. The molecule has 2 fully saturated rings. The van der Waals surface area contributed by atoms with Gasteiger partial charge in [-0.25, -0.2) is 17.2 Å². The maximum Gasteiger partial charge on any atom is 0.324 e. The first-order valence-electron chi connectivity index (χ1n) is 11.3. The number of alkyl halides is 2. The SMILES string of the molecule is CC(F)(F)c1noc(N2CCC(N3CCC[C@H](Cc4cc(F)c(S(C)(=O)=O)cc4F)C3=O)CC2)n1. The zero-order chi connectivity index (χ0) is 25.5. The molecule has 0 unspecified atom stereocenters. The molecular weight excluding hydrogens is 492 g/mol. The third-order valence-electron chi connectivity index (χ3n) is 6.53. The molecule has 0 radical (unpaired) electrons. The summed E-state index contributed by atoms with van der Waals surface area (Å²) in [6.45, 7) is 2.09. The molecule has 192 valence electrons. The monoisotopic (exact) mass is 518 g/mol. The summed E-state index contributed by atoms with van der Waals surface area (Å²) in [5.41, 5.74) is -0.0372. The number of benzene rings is 1. The normalized spacial score (nSPS) is 20.5. The minimum atomic E-state index is -3.92. The van der Waals surface area contributed by atoms with Gasteiger partial charge in [0.1, 0.15) is 16.5 Å². The number of aromatic nitrogens is 2. The molecule has 2 aromatic rings. The van der Waals surface area contributed by atoms with Crippen molar-refractivity contribution in [3.63, 3.8) is 0 Å². The zero-order valence-electron chi connectivity index (χ0n) is 19.3. The highest BCUT2D eigenvalue weighted by molar-refractivity contribution is 7.90. The Morgan fingerprint density at radius 3 is 2.40 bits per heavy atom. The molecule has 0 aliphatic carbocycles. The van der Waals surface area contributed by atoms with Crippen molar-refractivity contribution in [3.8, 4) is 0 Å². The topological polar surface area (TPSA) is 96.6 Å². The van der Waals surface area contributed by atoms with E-state index in [1.165, 1.54) is 0 Å². The molecule has 1 amide bonds. The summed E-state index contributed by atoms with van der Waals surface area (Å²) in [6.07, 6.45) is 3.10. The molecule has 0 spiro atoms. The Labute approximate surface area is 200 Å². The fraction of sp³-hybridized carbons (Fsp3) is 0.591. The van der Waals surface area contributed by atoms with E-state index >= 15 is 0 Å². The fourth-order valence-electron chi connectivity index (χ4n) is 4.69. The van der Waals surface area contributed by atoms with Crippen LogP contribution in [-0.4, -0.2) is 61.3 Å². The lowest BCUT2D eigenvalue weighted by Gasteiger charge is -2.41. The smallest absolute Gasteiger partial charge is 0.324 e. The number of piperidine rings is 2. The maximum absolute atomic E-state index is 14.5. The molecule has 4 rings (SSSR count). The number of carbonyl (C=O) groups is 1. The fourth-order valence-corrected chi connectivity index (χ4v) is 5.43. The van der Waals surface area contributed by atoms with Crippen LogP contribution in [-0.2, 0) is 27.0 Å². The van der Waals surface area contributed by atoms with Gasteiger partial charge in [-0.2, -0.15) is 13.8 Å². The molecule has 0 bridgehead atoms. The summed E-state index contributed by atoms with van der Waals surface area (Å²) in [6, 6.07) is 1.44. The lowest BCUT2D eigenvalue weighted by atomic mass is 9.88. The predicted molar refractivity (Wildman–Crippen MR) is 117 cm³/mol. The van der Waals surface area contributed by atoms with Gasteiger partial charge in [0.05, 0.1) is 0 Å². The third-order valence-corrected chi connectivity index (χ3v) is 7.65. The van der Waals surface area contributed by atoms with Gasteiger partial charge in [0.15, 0.2) is 9.84 Å². The van der Waals surface area contributed by atoms with Gasteiger partial charge in [0.2, 0.25) is 11.7 Å². The Hall–Kier alpha value is -2.70. The molecular formula is C22H26F4N4O4S. The largest absolute Gasteiger partial charge is 0.339 e. The Morgan fingerprint density at radius 1 is 1.11 bits per heavy atom. The molecule has 1 aromatic heterocycles. The van der Waals surface area contributed by atoms with Crippen LogP contribution in [0.25, 0.3) is 0 Å². The summed E-state index contributed by atoms with van der Waals surface area (Å²) in [4.78, 5) is 19.7. The second-order valence-corrected chi connectivity index (χ2v) is 11.2. The van der Waals surface area contributed by atoms with Gasteiger partial charge in [0.25, 0.3) is 0 Å². The van der Waals surface area contributed by atoms with Gasteiger partial charge >= 0.3 is 11.9 Å². The average molecular weight is 519 g/mol. The molecule has 13 heteroatoms. The number of nitrogens with zero attached hydrogens (tertiary/aromatic N) is 4. The van der Waals surface area contributed by atoms with Crippen molar-refractivity contribution in [2.24, 2.45) is 5.92 Å². The number of sulfone groups is 1. The highest BCUT2D eigenvalue weighted by Gasteiger charge is 2.37. The second kappa shape index (κ2) is 9.40. The Morgan fingerprint density at radius 2 is 1.80 bits per heavy atom. The molecule has 1 atom stereocenters. The van der Waals surface area contributed by atoms with Crippen LogP contribution in [0.3, 0.4) is 0 Å². The van der Waals surface area contributed by atoms with Crippen molar-refractivity contribution in [1.82, 2.24) is 15.0 Å². The van der Waals surface area contributed by atoms with Crippen LogP contribution in [0, 0.1) is 17.6 Å². The molecule has 35 heavy (non-hydrogen) atoms. The highest BCUT2D eigenvalue weighted by Crippen LogP contribution is 2.31. The van der Waals surface area contributed by atoms with Crippen molar-refractivity contribution in [2.75, 3.05) is 30.8 Å². The van der Waals surface area contributed by atoms with Crippen LogP contribution in [0.2, 0.25) is 0 Å². The molecule has 0 N–H and O–H groups in total. The van der Waals surface area contributed by atoms with E-state index in [0.717, 1.165) is 12.3 Å². The first-order chi connectivity index (χ1) is 16.3. The standard InChI is InChI=1S/C22H26F4N4O4S/c1-22(25,26)20-27-21(34-28-20)29-8-5-15(6-9-29)30-7-3-4-13(19(30)31)10-14-11-17(24)18(12-16(14)23)35(2,32)33/h11-13,15H,3-10H2,1-2H3/t13-/m1/s1. The van der Waals surface area contributed by atoms with Gasteiger partial charge in [-0.05, 0) is 49.8 Å². The highest BCUT2D eigenvalue weighted by atomic mass is 32.2. The van der Waals surface area contributed by atoms with Gasteiger partial charge in [-0.1, -0.05) is 5.16 Å². The Bertz CT molecular complexity index is 1210. The van der Waals surface area contributed by atoms with Crippen LogP contribution < -0.4 is 4.90 Å². The van der Waals surface area contributed by atoms with Crippen molar-refractivity contribution in [3.05, 3.63) is 35.2 Å². The van der Waals surface area contributed by atoms with E-state index in [0.29, 0.717) is 58.3 Å². The van der Waals surface area contributed by atoms with E-state index in [2.05, 4.69) is 10.1 Å². The molecule has 3 heterocycles. The number of likely N-dealkylation sites (tertiary alicyclic amines) is 1. The van der Waals surface area contributed by atoms with Crippen molar-refractivity contribution in [2.45, 2.75) is 55.9 Å². The molecule has 0 saturated carbocycles. The van der Waals surface area contributed by atoms with Crippen molar-refractivity contribution >= 4 is 21.8 Å². The minimum Gasteiger partial charge on any atom is -0.339 e. The number of carbonyl (C=O) groups excluding carboxylic acids is 1. The lowest BCUT2D eigenvalue weighted by Crippen LogP contribution is -2.52. The van der Waals surface area contributed by atoms with Crippen molar-refractivity contribution in [1.29, 1.82) is 0 Å². The third kappa shape index (κ3) is 5.44. The first-order valence-corrected chi connectivity index (χ1v) is 13.2. The number of rotatable bonds is 6. The first kappa shape index (κ1) is 25.4. The van der Waals surface area contributed by atoms with Gasteiger partial charge in [0, 0.05) is 44.8 Å². The molecule has 8 nitrogen and oxygen atoms in total. The summed E-state index contributed by atoms with van der Waals surface area (Å²) in [5, 5.41) is 3.33. The van der Waals surface area contributed by atoms with E-state index in [9.17, 15) is 30.8 Å². The molecule has 2 aliphatic rings. The summed E-state index contributed by atoms with van der Waals surface area (Å²) >= 11 is 0. The van der Waals surface area contributed by atoms with Gasteiger partial charge < -0.3 is 14.3 Å². The van der Waals surface area contributed by atoms with Crippen molar-refractivity contribution < 1.29 is 35.3 Å². The Kier molecular flexibility index (Phi) is 6.82. The van der Waals surface area contributed by atoms with Gasteiger partial charge in [-0.3, -0.25) is 4.79 Å². The summed E-state index contributed by atoms with van der Waals surface area (Å²) in [7, 11) is -3.92. The van der Waals surface area contributed by atoms with Crippen LogP contribution >= 0.6 is 0 Å². The minimum absolute atomic E-state index is 0.0119. The summed E-state index contributed by atoms with van der Waals surface area (Å²) < 4.78 is 83.8. The number of anilines is 1.